The highest BCUT2D eigenvalue weighted by molar-refractivity contribution is 8.02. The molecule has 30 heavy (non-hydrogen) atoms. The van der Waals surface area contributed by atoms with E-state index in [2.05, 4.69) is 97.1 Å². The van der Waals surface area contributed by atoms with E-state index in [-0.39, 0.29) is 21.8 Å². The van der Waals surface area contributed by atoms with Gasteiger partial charge in [-0.25, -0.2) is 0 Å². The van der Waals surface area contributed by atoms with E-state index in [1.165, 1.54) is 29.4 Å². The number of fused-ring (bicyclic) bond motifs is 2. The van der Waals surface area contributed by atoms with Crippen LogP contribution >= 0.6 is 0 Å². The fourth-order valence-corrected chi connectivity index (χ4v) is 8.98. The maximum Gasteiger partial charge on any atom is 0.222 e. The van der Waals surface area contributed by atoms with Crippen LogP contribution in [0.15, 0.2) is 126 Å². The summed E-state index contributed by atoms with van der Waals surface area (Å²) in [6, 6.07) is 34.9. The van der Waals surface area contributed by atoms with Gasteiger partial charge in [0.1, 0.15) is 33.3 Å². The fraction of sp³-hybridized carbons (Fsp3) is 0.0769. The van der Waals surface area contributed by atoms with Crippen molar-refractivity contribution < 1.29 is 9.47 Å². The van der Waals surface area contributed by atoms with E-state index >= 15 is 0 Å². The van der Waals surface area contributed by atoms with Crippen LogP contribution in [0.25, 0.3) is 0 Å². The smallest absolute Gasteiger partial charge is 0.222 e. The highest BCUT2D eigenvalue weighted by Crippen LogP contribution is 2.48. The lowest BCUT2D eigenvalue weighted by molar-refractivity contribution is 0.414. The molecular formula is C26H22O2S2+2. The zero-order valence-electron chi connectivity index (χ0n) is 16.9. The maximum atomic E-state index is 5.38. The van der Waals surface area contributed by atoms with E-state index in [1.807, 2.05) is 0 Å². The van der Waals surface area contributed by atoms with Gasteiger partial charge in [0.2, 0.25) is 19.6 Å². The molecule has 0 atom stereocenters. The number of hydrogen-bond donors (Lipinski definition) is 0. The molecule has 5 rings (SSSR count). The van der Waals surface area contributed by atoms with E-state index in [4.69, 9.17) is 9.47 Å². The van der Waals surface area contributed by atoms with Gasteiger partial charge in [0, 0.05) is 0 Å². The molecule has 1 heterocycles. The van der Waals surface area contributed by atoms with Gasteiger partial charge in [0.15, 0.2) is 9.79 Å². The standard InChI is InChI=1S/C26H22O2S2/c1-27-19-11-15-21(16-12-19)29-23-7-3-5-9-25(23)30(26-10-6-4-8-24(26)29)22-17-13-20(28-2)14-18-22/h3-18H,1-2H3/q+2. The van der Waals surface area contributed by atoms with Gasteiger partial charge in [-0.2, -0.15) is 0 Å². The Labute approximate surface area is 183 Å². The Hall–Kier alpha value is -2.82. The van der Waals surface area contributed by atoms with Crippen LogP contribution in [0.5, 0.6) is 11.5 Å². The van der Waals surface area contributed by atoms with Gasteiger partial charge in [0.05, 0.1) is 14.2 Å². The van der Waals surface area contributed by atoms with Crippen LogP contribution < -0.4 is 9.47 Å². The molecule has 148 valence electrons. The highest BCUT2D eigenvalue weighted by atomic mass is 32.2. The fourth-order valence-electron chi connectivity index (χ4n) is 3.74. The second-order valence-corrected chi connectivity index (χ2v) is 10.8. The second-order valence-electron chi connectivity index (χ2n) is 6.86. The van der Waals surface area contributed by atoms with E-state index in [0.717, 1.165) is 11.5 Å². The van der Waals surface area contributed by atoms with Crippen molar-refractivity contribution in [1.29, 1.82) is 0 Å². The summed E-state index contributed by atoms with van der Waals surface area (Å²) in [6.07, 6.45) is 0. The van der Waals surface area contributed by atoms with Crippen LogP contribution in [0.1, 0.15) is 0 Å². The van der Waals surface area contributed by atoms with Gasteiger partial charge < -0.3 is 9.47 Å². The van der Waals surface area contributed by atoms with E-state index in [0.29, 0.717) is 0 Å². The Balaban J connectivity index is 1.71. The quantitative estimate of drug-likeness (QED) is 0.316. The summed E-state index contributed by atoms with van der Waals surface area (Å²) in [6.45, 7) is 0. The Kier molecular flexibility index (Phi) is 5.19. The third-order valence-electron chi connectivity index (χ3n) is 5.17. The highest BCUT2D eigenvalue weighted by Gasteiger charge is 2.49. The zero-order valence-corrected chi connectivity index (χ0v) is 18.5. The Morgan fingerprint density at radius 1 is 0.433 bits per heavy atom. The molecule has 0 unspecified atom stereocenters. The zero-order chi connectivity index (χ0) is 20.5. The topological polar surface area (TPSA) is 18.5 Å². The Bertz CT molecular complexity index is 1030. The van der Waals surface area contributed by atoms with Gasteiger partial charge in [-0.05, 0) is 72.8 Å². The van der Waals surface area contributed by atoms with E-state index in [1.54, 1.807) is 14.2 Å². The molecule has 0 amide bonds. The molecule has 0 fully saturated rings. The molecule has 0 radical (unpaired) electrons. The molecule has 0 N–H and O–H groups in total. The van der Waals surface area contributed by atoms with Gasteiger partial charge in [-0.3, -0.25) is 0 Å². The van der Waals surface area contributed by atoms with Crippen molar-refractivity contribution >= 4 is 21.8 Å². The molecule has 0 bridgehead atoms. The van der Waals surface area contributed by atoms with E-state index in [9.17, 15) is 0 Å². The molecule has 1 aliphatic heterocycles. The van der Waals surface area contributed by atoms with Crippen molar-refractivity contribution in [3.63, 3.8) is 0 Å². The molecular weight excluding hydrogens is 408 g/mol. The van der Waals surface area contributed by atoms with Crippen LogP contribution in [-0.4, -0.2) is 14.2 Å². The number of ether oxygens (including phenoxy) is 2. The summed E-state index contributed by atoms with van der Waals surface area (Å²) >= 11 is 0. The van der Waals surface area contributed by atoms with Crippen molar-refractivity contribution in [1.82, 2.24) is 0 Å². The predicted octanol–water partition coefficient (Wildman–Crippen LogP) is 6.21. The van der Waals surface area contributed by atoms with Crippen LogP contribution in [0.4, 0.5) is 0 Å². The first-order valence-corrected chi connectivity index (χ1v) is 12.2. The lowest BCUT2D eigenvalue weighted by atomic mass is 10.3. The third kappa shape index (κ3) is 3.26. The van der Waals surface area contributed by atoms with Crippen LogP contribution in [0.2, 0.25) is 0 Å². The maximum absolute atomic E-state index is 5.38. The summed E-state index contributed by atoms with van der Waals surface area (Å²) in [5.41, 5.74) is 0. The van der Waals surface area contributed by atoms with Gasteiger partial charge in [0.25, 0.3) is 0 Å². The molecule has 0 saturated heterocycles. The largest absolute Gasteiger partial charge is 0.497 e. The van der Waals surface area contributed by atoms with Crippen molar-refractivity contribution in [2.75, 3.05) is 14.2 Å². The Morgan fingerprint density at radius 3 is 1.00 bits per heavy atom. The predicted molar refractivity (Wildman–Crippen MR) is 123 cm³/mol. The van der Waals surface area contributed by atoms with Crippen LogP contribution in [0.3, 0.4) is 0 Å². The SMILES string of the molecule is COc1ccc([S+]2c3ccccc3[S+](c3ccc(OC)cc3)c3ccccc32)cc1. The number of benzene rings is 4. The summed E-state index contributed by atoms with van der Waals surface area (Å²) in [4.78, 5) is 8.24. The van der Waals surface area contributed by atoms with Gasteiger partial charge in [-0.1, -0.05) is 24.3 Å². The van der Waals surface area contributed by atoms with Crippen LogP contribution in [-0.2, 0) is 21.8 Å². The summed E-state index contributed by atoms with van der Waals surface area (Å²) in [7, 11) is 3.14. The Morgan fingerprint density at radius 2 is 0.733 bits per heavy atom. The van der Waals surface area contributed by atoms with Crippen molar-refractivity contribution in [3.8, 4) is 11.5 Å². The summed E-state index contributed by atoms with van der Waals surface area (Å²) < 4.78 is 10.8. The minimum Gasteiger partial charge on any atom is -0.497 e. The molecule has 0 saturated carbocycles. The number of hydrogen-bond acceptors (Lipinski definition) is 2. The van der Waals surface area contributed by atoms with E-state index < -0.39 is 0 Å². The lowest BCUT2D eigenvalue weighted by Gasteiger charge is -2.19. The third-order valence-corrected chi connectivity index (χ3v) is 10.1. The number of rotatable bonds is 4. The molecule has 2 nitrogen and oxygen atoms in total. The molecule has 4 heteroatoms. The first-order chi connectivity index (χ1) is 14.8. The molecule has 1 aliphatic rings. The monoisotopic (exact) mass is 430 g/mol. The molecule has 0 aromatic heterocycles. The minimum absolute atomic E-state index is 0.142. The van der Waals surface area contributed by atoms with Crippen LogP contribution in [0, 0.1) is 0 Å². The van der Waals surface area contributed by atoms with Gasteiger partial charge >= 0.3 is 0 Å². The van der Waals surface area contributed by atoms with Crippen molar-refractivity contribution in [3.05, 3.63) is 97.1 Å². The normalized spacial score (nSPS) is 17.0. The molecule has 4 aromatic rings. The number of methoxy groups -OCH3 is 2. The first-order valence-electron chi connectivity index (χ1n) is 9.75. The summed E-state index contributed by atoms with van der Waals surface area (Å²) in [5, 5.41) is 0. The molecule has 0 aliphatic carbocycles. The first kappa shape index (κ1) is 19.2. The molecule has 0 spiro atoms. The van der Waals surface area contributed by atoms with Gasteiger partial charge in [-0.15, -0.1) is 0 Å². The average Bonchev–Trinajstić information content (AvgIpc) is 2.82. The van der Waals surface area contributed by atoms with Crippen molar-refractivity contribution in [2.24, 2.45) is 0 Å². The second kappa shape index (κ2) is 8.13. The molecule has 4 aromatic carbocycles. The minimum atomic E-state index is -0.142. The van der Waals surface area contributed by atoms with Crippen molar-refractivity contribution in [2.45, 2.75) is 29.4 Å². The summed E-state index contributed by atoms with van der Waals surface area (Å²) in [5.74, 6) is 1.78. The average molecular weight is 431 g/mol. The lowest BCUT2D eigenvalue weighted by Crippen LogP contribution is -2.20.